The summed E-state index contributed by atoms with van der Waals surface area (Å²) in [5.41, 5.74) is 0. The lowest BCUT2D eigenvalue weighted by Gasteiger charge is -2.34. The van der Waals surface area contributed by atoms with Gasteiger partial charge in [0.05, 0.1) is 18.4 Å². The van der Waals surface area contributed by atoms with Crippen LogP contribution in [0.3, 0.4) is 0 Å². The van der Waals surface area contributed by atoms with E-state index in [9.17, 15) is 13.2 Å². The molecular weight excluding hydrogens is 270 g/mol. The minimum Gasteiger partial charge on any atom is -0.481 e. The Balaban J connectivity index is 2.82. The molecular formula is C11H19N3O4S. The third-order valence-electron chi connectivity index (χ3n) is 3.43. The van der Waals surface area contributed by atoms with Crippen molar-refractivity contribution in [3.05, 3.63) is 0 Å². The molecule has 108 valence electrons. The second-order valence-electron chi connectivity index (χ2n) is 4.77. The molecule has 0 aliphatic carbocycles. The van der Waals surface area contributed by atoms with Gasteiger partial charge < -0.3 is 5.11 Å². The molecule has 8 heteroatoms. The fraction of sp³-hybridized carbons (Fsp3) is 0.818. The highest BCUT2D eigenvalue weighted by Gasteiger charge is 2.35. The maximum Gasteiger partial charge on any atom is 0.307 e. The van der Waals surface area contributed by atoms with Crippen LogP contribution in [0.5, 0.6) is 0 Å². The molecule has 7 nitrogen and oxygen atoms in total. The van der Waals surface area contributed by atoms with Crippen molar-refractivity contribution in [1.82, 2.24) is 8.61 Å². The second kappa shape index (κ2) is 6.32. The van der Waals surface area contributed by atoms with Gasteiger partial charge in [0.1, 0.15) is 0 Å². The molecule has 0 saturated carbocycles. The van der Waals surface area contributed by atoms with Crippen molar-refractivity contribution in [2.45, 2.75) is 32.2 Å². The van der Waals surface area contributed by atoms with Crippen molar-refractivity contribution >= 4 is 16.2 Å². The number of carbonyl (C=O) groups is 1. The monoisotopic (exact) mass is 289 g/mol. The molecule has 0 aromatic rings. The van der Waals surface area contributed by atoms with Gasteiger partial charge in [-0.2, -0.15) is 22.3 Å². The quantitative estimate of drug-likeness (QED) is 0.782. The van der Waals surface area contributed by atoms with E-state index in [0.29, 0.717) is 19.4 Å². The molecule has 0 bridgehead atoms. The zero-order valence-corrected chi connectivity index (χ0v) is 11.9. The lowest BCUT2D eigenvalue weighted by atomic mass is 10.0. The van der Waals surface area contributed by atoms with Crippen LogP contribution in [0.4, 0.5) is 0 Å². The van der Waals surface area contributed by atoms with Gasteiger partial charge in [-0.15, -0.1) is 0 Å². The van der Waals surface area contributed by atoms with E-state index in [1.165, 1.54) is 11.4 Å². The Morgan fingerprint density at radius 1 is 1.63 bits per heavy atom. The first kappa shape index (κ1) is 15.9. The van der Waals surface area contributed by atoms with Crippen LogP contribution in [0.15, 0.2) is 0 Å². The molecule has 19 heavy (non-hydrogen) atoms. The Bertz CT molecular complexity index is 471. The molecule has 1 rings (SSSR count). The van der Waals surface area contributed by atoms with Crippen LogP contribution >= 0.6 is 0 Å². The molecule has 0 amide bonds. The standard InChI is InChI=1S/C11H19N3O4S/c1-9(5-6-12)13(2)19(17,18)14-7-3-4-10(8-14)11(15)16/h9-10H,3-5,7-8H2,1-2H3,(H,15,16). The molecule has 1 fully saturated rings. The molecule has 1 heterocycles. The summed E-state index contributed by atoms with van der Waals surface area (Å²) in [6.45, 7) is 1.98. The molecule has 0 radical (unpaired) electrons. The number of rotatable bonds is 5. The van der Waals surface area contributed by atoms with Crippen molar-refractivity contribution in [2.75, 3.05) is 20.1 Å². The smallest absolute Gasteiger partial charge is 0.307 e. The number of piperidine rings is 1. The van der Waals surface area contributed by atoms with Gasteiger partial charge in [-0.1, -0.05) is 0 Å². The Labute approximate surface area is 113 Å². The van der Waals surface area contributed by atoms with E-state index in [2.05, 4.69) is 0 Å². The average molecular weight is 289 g/mol. The van der Waals surface area contributed by atoms with E-state index in [1.807, 2.05) is 6.07 Å². The highest BCUT2D eigenvalue weighted by Crippen LogP contribution is 2.22. The first-order valence-corrected chi connectivity index (χ1v) is 7.53. The van der Waals surface area contributed by atoms with Crippen molar-refractivity contribution in [3.63, 3.8) is 0 Å². The molecule has 0 spiro atoms. The third kappa shape index (κ3) is 3.65. The van der Waals surface area contributed by atoms with Crippen LogP contribution in [0.2, 0.25) is 0 Å². The summed E-state index contributed by atoms with van der Waals surface area (Å²) in [7, 11) is -2.28. The van der Waals surface area contributed by atoms with Crippen molar-refractivity contribution in [3.8, 4) is 6.07 Å². The normalized spacial score (nSPS) is 22.9. The van der Waals surface area contributed by atoms with Gasteiger partial charge in [0, 0.05) is 26.2 Å². The summed E-state index contributed by atoms with van der Waals surface area (Å²) in [6, 6.07) is 1.50. The fourth-order valence-electron chi connectivity index (χ4n) is 2.02. The van der Waals surface area contributed by atoms with Crippen LogP contribution in [-0.4, -0.2) is 54.3 Å². The Kier molecular flexibility index (Phi) is 5.29. The molecule has 0 aromatic carbocycles. The van der Waals surface area contributed by atoms with Gasteiger partial charge in [-0.05, 0) is 19.8 Å². The molecule has 2 unspecified atom stereocenters. The molecule has 2 atom stereocenters. The lowest BCUT2D eigenvalue weighted by Crippen LogP contribution is -2.50. The van der Waals surface area contributed by atoms with Gasteiger partial charge in [0.2, 0.25) is 0 Å². The maximum atomic E-state index is 12.3. The largest absolute Gasteiger partial charge is 0.481 e. The second-order valence-corrected chi connectivity index (χ2v) is 6.76. The first-order chi connectivity index (χ1) is 8.80. The van der Waals surface area contributed by atoms with Crippen LogP contribution < -0.4 is 0 Å². The number of aliphatic carboxylic acids is 1. The zero-order chi connectivity index (χ0) is 14.6. The molecule has 1 saturated heterocycles. The number of nitriles is 1. The SMILES string of the molecule is CC(CC#N)N(C)S(=O)(=O)N1CCCC(C(=O)O)C1. The highest BCUT2D eigenvalue weighted by molar-refractivity contribution is 7.86. The van der Waals surface area contributed by atoms with Gasteiger partial charge >= 0.3 is 5.97 Å². The summed E-state index contributed by atoms with van der Waals surface area (Å²) >= 11 is 0. The van der Waals surface area contributed by atoms with Crippen molar-refractivity contribution < 1.29 is 18.3 Å². The number of carboxylic acids is 1. The minimum absolute atomic E-state index is 0.00127. The van der Waals surface area contributed by atoms with E-state index in [-0.39, 0.29) is 13.0 Å². The lowest BCUT2D eigenvalue weighted by molar-refractivity contribution is -0.142. The van der Waals surface area contributed by atoms with Crippen molar-refractivity contribution in [1.29, 1.82) is 5.26 Å². The van der Waals surface area contributed by atoms with E-state index < -0.39 is 28.1 Å². The van der Waals surface area contributed by atoms with Gasteiger partial charge in [0.15, 0.2) is 0 Å². The Morgan fingerprint density at radius 3 is 2.79 bits per heavy atom. The molecule has 1 aliphatic rings. The topological polar surface area (TPSA) is 102 Å². The van der Waals surface area contributed by atoms with E-state index in [4.69, 9.17) is 10.4 Å². The third-order valence-corrected chi connectivity index (χ3v) is 5.50. The first-order valence-electron chi connectivity index (χ1n) is 6.13. The number of carboxylic acid groups (broad SMARTS) is 1. The van der Waals surface area contributed by atoms with Crippen LogP contribution in [0, 0.1) is 17.2 Å². The predicted octanol–water partition coefficient (Wildman–Crippen LogP) is 0.262. The average Bonchev–Trinajstić information content (AvgIpc) is 2.38. The summed E-state index contributed by atoms with van der Waals surface area (Å²) in [4.78, 5) is 11.0. The summed E-state index contributed by atoms with van der Waals surface area (Å²) in [5.74, 6) is -1.61. The van der Waals surface area contributed by atoms with E-state index >= 15 is 0 Å². The van der Waals surface area contributed by atoms with Crippen LogP contribution in [-0.2, 0) is 15.0 Å². The molecule has 1 aliphatic heterocycles. The summed E-state index contributed by atoms with van der Waals surface area (Å²) in [6.07, 6.45) is 1.14. The fourth-order valence-corrected chi connectivity index (χ4v) is 3.65. The van der Waals surface area contributed by atoms with Crippen LogP contribution in [0.1, 0.15) is 26.2 Å². The van der Waals surface area contributed by atoms with E-state index in [0.717, 1.165) is 4.31 Å². The van der Waals surface area contributed by atoms with Crippen LogP contribution in [0.25, 0.3) is 0 Å². The van der Waals surface area contributed by atoms with Gasteiger partial charge in [0.25, 0.3) is 10.2 Å². The van der Waals surface area contributed by atoms with Gasteiger partial charge in [-0.3, -0.25) is 4.79 Å². The predicted molar refractivity (Wildman–Crippen MR) is 68.3 cm³/mol. The Hall–Kier alpha value is -1.17. The van der Waals surface area contributed by atoms with Gasteiger partial charge in [-0.25, -0.2) is 0 Å². The minimum atomic E-state index is -3.70. The summed E-state index contributed by atoms with van der Waals surface area (Å²) < 4.78 is 27.0. The molecule has 1 N–H and O–H groups in total. The maximum absolute atomic E-state index is 12.3. The molecule has 0 aromatic heterocycles. The number of hydrogen-bond donors (Lipinski definition) is 1. The summed E-state index contributed by atoms with van der Waals surface area (Å²) in [5, 5.41) is 17.6. The number of nitrogens with zero attached hydrogens (tertiary/aromatic N) is 3. The Morgan fingerprint density at radius 2 is 2.26 bits per heavy atom. The van der Waals surface area contributed by atoms with Crippen molar-refractivity contribution in [2.24, 2.45) is 5.92 Å². The van der Waals surface area contributed by atoms with E-state index in [1.54, 1.807) is 6.92 Å². The highest BCUT2D eigenvalue weighted by atomic mass is 32.2. The zero-order valence-electron chi connectivity index (χ0n) is 11.1. The number of hydrogen-bond acceptors (Lipinski definition) is 4.